The van der Waals surface area contributed by atoms with Crippen molar-refractivity contribution in [1.29, 1.82) is 5.26 Å². The molecule has 0 aliphatic rings. The highest BCUT2D eigenvalue weighted by Crippen LogP contribution is 2.16. The predicted octanol–water partition coefficient (Wildman–Crippen LogP) is 1.40. The lowest BCUT2D eigenvalue weighted by Gasteiger charge is -2.21. The number of methoxy groups -OCH3 is 1. The van der Waals surface area contributed by atoms with Crippen LogP contribution in [0, 0.1) is 11.3 Å². The van der Waals surface area contributed by atoms with Gasteiger partial charge in [0.25, 0.3) is 0 Å². The van der Waals surface area contributed by atoms with Gasteiger partial charge in [-0.2, -0.15) is 5.26 Å². The van der Waals surface area contributed by atoms with Gasteiger partial charge in [-0.05, 0) is 6.92 Å². The van der Waals surface area contributed by atoms with Gasteiger partial charge in [-0.25, -0.2) is 9.97 Å². The van der Waals surface area contributed by atoms with Crippen molar-refractivity contribution in [2.75, 3.05) is 37.5 Å². The Hall–Kier alpha value is -1.87. The predicted molar refractivity (Wildman–Crippen MR) is 70.4 cm³/mol. The Bertz CT molecular complexity index is 415. The number of hydrogen-bond donors (Lipinski definition) is 1. The molecular weight excluding hydrogens is 230 g/mol. The van der Waals surface area contributed by atoms with Gasteiger partial charge in [-0.15, -0.1) is 0 Å². The Morgan fingerprint density at radius 2 is 2.28 bits per heavy atom. The van der Waals surface area contributed by atoms with Crippen LogP contribution >= 0.6 is 0 Å². The fourth-order valence-corrected chi connectivity index (χ4v) is 1.59. The van der Waals surface area contributed by atoms with Gasteiger partial charge in [0, 0.05) is 33.3 Å². The summed E-state index contributed by atoms with van der Waals surface area (Å²) in [6.45, 7) is 3.88. The maximum atomic E-state index is 8.66. The third-order valence-corrected chi connectivity index (χ3v) is 2.49. The molecule has 0 fully saturated rings. The maximum absolute atomic E-state index is 8.66. The zero-order valence-corrected chi connectivity index (χ0v) is 11.1. The second-order valence-electron chi connectivity index (χ2n) is 3.70. The monoisotopic (exact) mass is 249 g/mol. The Morgan fingerprint density at radius 1 is 1.50 bits per heavy atom. The molecule has 0 atom stereocenters. The van der Waals surface area contributed by atoms with E-state index >= 15 is 0 Å². The highest BCUT2D eigenvalue weighted by molar-refractivity contribution is 5.49. The van der Waals surface area contributed by atoms with Gasteiger partial charge >= 0.3 is 0 Å². The van der Waals surface area contributed by atoms with E-state index in [-0.39, 0.29) is 0 Å². The number of nitrogens with one attached hydrogen (secondary N) is 1. The third kappa shape index (κ3) is 3.86. The molecular formula is C12H19N5O. The molecule has 0 saturated carbocycles. The van der Waals surface area contributed by atoms with Crippen LogP contribution in [-0.2, 0) is 11.3 Å². The smallest absolute Gasteiger partial charge is 0.158 e. The number of nitriles is 1. The van der Waals surface area contributed by atoms with Gasteiger partial charge in [-0.1, -0.05) is 0 Å². The summed E-state index contributed by atoms with van der Waals surface area (Å²) in [6, 6.07) is 4.02. The van der Waals surface area contributed by atoms with E-state index in [1.807, 2.05) is 24.9 Å². The Morgan fingerprint density at radius 3 is 2.83 bits per heavy atom. The molecule has 1 heterocycles. The van der Waals surface area contributed by atoms with E-state index in [0.717, 1.165) is 18.2 Å². The van der Waals surface area contributed by atoms with Crippen LogP contribution in [-0.4, -0.2) is 37.2 Å². The first kappa shape index (κ1) is 14.2. The SMILES string of the molecule is CCN(CCC#N)c1cc(NC)nc(COC)n1. The van der Waals surface area contributed by atoms with E-state index in [1.54, 1.807) is 7.11 Å². The molecule has 0 saturated heterocycles. The fraction of sp³-hybridized carbons (Fsp3) is 0.583. The molecule has 0 spiro atoms. The molecule has 1 rings (SSSR count). The number of rotatable bonds is 7. The van der Waals surface area contributed by atoms with Crippen LogP contribution in [0.3, 0.4) is 0 Å². The summed E-state index contributed by atoms with van der Waals surface area (Å²) in [5.41, 5.74) is 0. The third-order valence-electron chi connectivity index (χ3n) is 2.49. The Kier molecular flexibility index (Phi) is 5.88. The minimum absolute atomic E-state index is 0.373. The van der Waals surface area contributed by atoms with Gasteiger partial charge < -0.3 is 15.0 Å². The molecule has 0 unspecified atom stereocenters. The van der Waals surface area contributed by atoms with Crippen LogP contribution in [0.5, 0.6) is 0 Å². The van der Waals surface area contributed by atoms with Crippen molar-refractivity contribution < 1.29 is 4.74 Å². The summed E-state index contributed by atoms with van der Waals surface area (Å²) in [5, 5.41) is 11.7. The van der Waals surface area contributed by atoms with Gasteiger partial charge in [0.2, 0.25) is 0 Å². The minimum Gasteiger partial charge on any atom is -0.377 e. The maximum Gasteiger partial charge on any atom is 0.158 e. The molecule has 0 aliphatic carbocycles. The van der Waals surface area contributed by atoms with Crippen molar-refractivity contribution in [3.05, 3.63) is 11.9 Å². The first-order valence-corrected chi connectivity index (χ1v) is 5.91. The second-order valence-corrected chi connectivity index (χ2v) is 3.70. The lowest BCUT2D eigenvalue weighted by atomic mass is 10.3. The standard InChI is InChI=1S/C12H19N5O/c1-4-17(7-5-6-13)12-8-10(14-2)15-11(16-12)9-18-3/h8H,4-5,7,9H2,1-3H3,(H,14,15,16). The summed E-state index contributed by atoms with van der Waals surface area (Å²) >= 11 is 0. The van der Waals surface area contributed by atoms with Crippen molar-refractivity contribution >= 4 is 11.6 Å². The molecule has 6 nitrogen and oxygen atoms in total. The van der Waals surface area contributed by atoms with E-state index in [0.29, 0.717) is 25.4 Å². The summed E-state index contributed by atoms with van der Waals surface area (Å²) in [7, 11) is 3.43. The van der Waals surface area contributed by atoms with E-state index in [9.17, 15) is 0 Å². The van der Waals surface area contributed by atoms with Gasteiger partial charge in [-0.3, -0.25) is 0 Å². The van der Waals surface area contributed by atoms with Crippen molar-refractivity contribution in [2.45, 2.75) is 20.0 Å². The second kappa shape index (κ2) is 7.45. The number of ether oxygens (including phenoxy) is 1. The molecule has 98 valence electrons. The number of aromatic nitrogens is 2. The van der Waals surface area contributed by atoms with Crippen LogP contribution < -0.4 is 10.2 Å². The molecule has 1 aromatic rings. The van der Waals surface area contributed by atoms with Crippen LogP contribution in [0.1, 0.15) is 19.2 Å². The number of anilines is 2. The summed E-state index contributed by atoms with van der Waals surface area (Å²) in [6.07, 6.45) is 0.479. The molecule has 6 heteroatoms. The van der Waals surface area contributed by atoms with Gasteiger partial charge in [0.05, 0.1) is 12.5 Å². The molecule has 18 heavy (non-hydrogen) atoms. The lowest BCUT2D eigenvalue weighted by molar-refractivity contribution is 0.178. The molecule has 1 N–H and O–H groups in total. The highest BCUT2D eigenvalue weighted by atomic mass is 16.5. The van der Waals surface area contributed by atoms with E-state index in [4.69, 9.17) is 10.00 Å². The quantitative estimate of drug-likeness (QED) is 0.787. The van der Waals surface area contributed by atoms with Crippen LogP contribution in [0.15, 0.2) is 6.07 Å². The van der Waals surface area contributed by atoms with E-state index in [1.165, 1.54) is 0 Å². The minimum atomic E-state index is 0.373. The fourth-order valence-electron chi connectivity index (χ4n) is 1.59. The van der Waals surface area contributed by atoms with Gasteiger partial charge in [0.1, 0.15) is 18.2 Å². The van der Waals surface area contributed by atoms with Crippen LogP contribution in [0.2, 0.25) is 0 Å². The average Bonchev–Trinajstić information content (AvgIpc) is 2.39. The van der Waals surface area contributed by atoms with Crippen molar-refractivity contribution in [3.63, 3.8) is 0 Å². The Labute approximate surface area is 108 Å². The van der Waals surface area contributed by atoms with Crippen LogP contribution in [0.25, 0.3) is 0 Å². The summed E-state index contributed by atoms with van der Waals surface area (Å²) in [5.74, 6) is 2.20. The average molecular weight is 249 g/mol. The number of hydrogen-bond acceptors (Lipinski definition) is 6. The zero-order valence-electron chi connectivity index (χ0n) is 11.1. The van der Waals surface area contributed by atoms with Crippen molar-refractivity contribution in [3.8, 4) is 6.07 Å². The summed E-state index contributed by atoms with van der Waals surface area (Å²) in [4.78, 5) is 10.8. The lowest BCUT2D eigenvalue weighted by Crippen LogP contribution is -2.25. The zero-order chi connectivity index (χ0) is 13.4. The van der Waals surface area contributed by atoms with Crippen LogP contribution in [0.4, 0.5) is 11.6 Å². The normalized spacial score (nSPS) is 9.89. The molecule has 0 amide bonds. The van der Waals surface area contributed by atoms with Crippen molar-refractivity contribution in [1.82, 2.24) is 9.97 Å². The summed E-state index contributed by atoms with van der Waals surface area (Å²) < 4.78 is 5.05. The first-order chi connectivity index (χ1) is 8.74. The van der Waals surface area contributed by atoms with E-state index in [2.05, 4.69) is 21.4 Å². The van der Waals surface area contributed by atoms with Crippen molar-refractivity contribution in [2.24, 2.45) is 0 Å². The molecule has 0 aliphatic heterocycles. The molecule has 0 aromatic carbocycles. The van der Waals surface area contributed by atoms with E-state index < -0.39 is 0 Å². The highest BCUT2D eigenvalue weighted by Gasteiger charge is 2.09. The molecule has 0 bridgehead atoms. The van der Waals surface area contributed by atoms with Gasteiger partial charge in [0.15, 0.2) is 5.82 Å². The topological polar surface area (TPSA) is 74.1 Å². The Balaban J connectivity index is 2.97. The first-order valence-electron chi connectivity index (χ1n) is 5.91. The molecule has 1 aromatic heterocycles. The largest absolute Gasteiger partial charge is 0.377 e. The molecule has 0 radical (unpaired) electrons. The number of nitrogens with zero attached hydrogens (tertiary/aromatic N) is 4.